The van der Waals surface area contributed by atoms with Crippen LogP contribution in [-0.4, -0.2) is 24.4 Å². The number of hydrogen-bond donors (Lipinski definition) is 2. The van der Waals surface area contributed by atoms with Crippen LogP contribution < -0.4 is 5.32 Å². The summed E-state index contributed by atoms with van der Waals surface area (Å²) < 4.78 is 37.8. The number of aliphatic hydroxyl groups excluding tert-OH is 1. The minimum atomic E-state index is -4.19. The second-order valence-corrected chi connectivity index (χ2v) is 5.17. The molecule has 1 rings (SSSR count). The first kappa shape index (κ1) is 17.0. The molecule has 0 saturated heterocycles. The zero-order valence-electron chi connectivity index (χ0n) is 11.7. The van der Waals surface area contributed by atoms with Gasteiger partial charge in [0.05, 0.1) is 6.42 Å². The van der Waals surface area contributed by atoms with E-state index in [4.69, 9.17) is 5.11 Å². The first-order valence-electron chi connectivity index (χ1n) is 6.88. The Morgan fingerprint density at radius 1 is 1.20 bits per heavy atom. The summed E-state index contributed by atoms with van der Waals surface area (Å²) in [5.41, 5.74) is 0.653. The largest absolute Gasteiger partial charge is 0.396 e. The van der Waals surface area contributed by atoms with E-state index in [2.05, 4.69) is 5.32 Å². The summed E-state index contributed by atoms with van der Waals surface area (Å²) >= 11 is 0. The average molecular weight is 289 g/mol. The van der Waals surface area contributed by atoms with Crippen LogP contribution in [0, 0.1) is 5.92 Å². The Morgan fingerprint density at radius 2 is 1.85 bits per heavy atom. The monoisotopic (exact) mass is 289 g/mol. The number of aliphatic hydroxyl groups is 1. The highest BCUT2D eigenvalue weighted by Crippen LogP contribution is 2.29. The Kier molecular flexibility index (Phi) is 7.02. The van der Waals surface area contributed by atoms with E-state index in [0.717, 1.165) is 12.8 Å². The van der Waals surface area contributed by atoms with Gasteiger partial charge in [-0.15, -0.1) is 0 Å². The second-order valence-electron chi connectivity index (χ2n) is 5.17. The van der Waals surface area contributed by atoms with E-state index in [1.165, 1.54) is 0 Å². The predicted molar refractivity (Wildman–Crippen MR) is 73.3 cm³/mol. The van der Waals surface area contributed by atoms with Crippen LogP contribution in [0.1, 0.15) is 37.8 Å². The number of benzene rings is 1. The predicted octanol–water partition coefficient (Wildman–Crippen LogP) is 3.68. The zero-order valence-corrected chi connectivity index (χ0v) is 11.7. The molecule has 0 aromatic heterocycles. The molecular weight excluding hydrogens is 267 g/mol. The number of hydrogen-bond acceptors (Lipinski definition) is 2. The maximum Gasteiger partial charge on any atom is 0.390 e. The molecule has 114 valence electrons. The van der Waals surface area contributed by atoms with Crippen molar-refractivity contribution in [3.8, 4) is 0 Å². The lowest BCUT2D eigenvalue weighted by Gasteiger charge is -2.21. The molecule has 2 unspecified atom stereocenters. The summed E-state index contributed by atoms with van der Waals surface area (Å²) in [6.07, 6.45) is -3.50. The quantitative estimate of drug-likeness (QED) is 0.716. The van der Waals surface area contributed by atoms with Gasteiger partial charge in [-0.3, -0.25) is 0 Å². The maximum absolute atomic E-state index is 12.6. The van der Waals surface area contributed by atoms with Crippen LogP contribution in [0.15, 0.2) is 30.3 Å². The van der Waals surface area contributed by atoms with Gasteiger partial charge in [0.1, 0.15) is 0 Å². The van der Waals surface area contributed by atoms with E-state index < -0.39 is 18.6 Å². The molecule has 0 spiro atoms. The lowest BCUT2D eigenvalue weighted by Crippen LogP contribution is -2.27. The molecule has 0 saturated carbocycles. The van der Waals surface area contributed by atoms with Crippen molar-refractivity contribution in [1.29, 1.82) is 0 Å². The van der Waals surface area contributed by atoms with Gasteiger partial charge in [-0.2, -0.15) is 13.2 Å². The summed E-state index contributed by atoms with van der Waals surface area (Å²) in [7, 11) is 0. The topological polar surface area (TPSA) is 32.3 Å². The Morgan fingerprint density at radius 3 is 2.40 bits per heavy atom. The number of nitrogens with one attached hydrogen (secondary N) is 1. The van der Waals surface area contributed by atoms with E-state index in [-0.39, 0.29) is 12.5 Å². The van der Waals surface area contributed by atoms with Crippen LogP contribution in [0.2, 0.25) is 0 Å². The molecule has 0 heterocycles. The molecule has 1 aromatic rings. The zero-order chi connectivity index (χ0) is 15.0. The molecule has 0 fully saturated rings. The van der Waals surface area contributed by atoms with Gasteiger partial charge in [0.15, 0.2) is 0 Å². The molecule has 0 amide bonds. The van der Waals surface area contributed by atoms with Gasteiger partial charge < -0.3 is 10.4 Å². The molecule has 2 nitrogen and oxygen atoms in total. The Balaban J connectivity index is 2.52. The third kappa shape index (κ3) is 6.91. The highest BCUT2D eigenvalue weighted by atomic mass is 19.4. The standard InChI is InChI=1S/C15H22F3NO/c1-12(11-20)6-5-9-19-14(10-15(16,17)18)13-7-3-2-4-8-13/h2-4,7-8,12,14,19-20H,5-6,9-11H2,1H3. The van der Waals surface area contributed by atoms with Gasteiger partial charge in [-0.05, 0) is 30.9 Å². The van der Waals surface area contributed by atoms with Crippen LogP contribution >= 0.6 is 0 Å². The van der Waals surface area contributed by atoms with Crippen molar-refractivity contribution >= 4 is 0 Å². The molecule has 0 bridgehead atoms. The van der Waals surface area contributed by atoms with Gasteiger partial charge in [0.2, 0.25) is 0 Å². The second kappa shape index (κ2) is 8.27. The van der Waals surface area contributed by atoms with Gasteiger partial charge in [0.25, 0.3) is 0 Å². The first-order valence-corrected chi connectivity index (χ1v) is 6.88. The summed E-state index contributed by atoms with van der Waals surface area (Å²) in [6, 6.07) is 7.99. The van der Waals surface area contributed by atoms with Crippen LogP contribution in [0.25, 0.3) is 0 Å². The molecule has 0 aliphatic heterocycles. The van der Waals surface area contributed by atoms with E-state index >= 15 is 0 Å². The van der Waals surface area contributed by atoms with Crippen LogP contribution in [-0.2, 0) is 0 Å². The maximum atomic E-state index is 12.6. The summed E-state index contributed by atoms with van der Waals surface area (Å²) in [6.45, 7) is 2.55. The molecule has 0 aliphatic carbocycles. The molecular formula is C15H22F3NO. The van der Waals surface area contributed by atoms with Crippen molar-refractivity contribution < 1.29 is 18.3 Å². The van der Waals surface area contributed by atoms with Gasteiger partial charge in [-0.1, -0.05) is 37.3 Å². The third-order valence-electron chi connectivity index (χ3n) is 3.21. The van der Waals surface area contributed by atoms with Crippen LogP contribution in [0.3, 0.4) is 0 Å². The fraction of sp³-hybridized carbons (Fsp3) is 0.600. The molecule has 2 atom stereocenters. The minimum absolute atomic E-state index is 0.116. The van der Waals surface area contributed by atoms with Crippen molar-refractivity contribution in [3.63, 3.8) is 0 Å². The van der Waals surface area contributed by atoms with Crippen molar-refractivity contribution in [2.45, 2.75) is 38.4 Å². The number of rotatable bonds is 8. The highest BCUT2D eigenvalue weighted by Gasteiger charge is 2.32. The van der Waals surface area contributed by atoms with E-state index in [9.17, 15) is 13.2 Å². The van der Waals surface area contributed by atoms with Gasteiger partial charge >= 0.3 is 6.18 Å². The summed E-state index contributed by atoms with van der Waals surface area (Å²) in [5, 5.41) is 11.9. The van der Waals surface area contributed by atoms with Crippen molar-refractivity contribution in [3.05, 3.63) is 35.9 Å². The highest BCUT2D eigenvalue weighted by molar-refractivity contribution is 5.19. The fourth-order valence-corrected chi connectivity index (χ4v) is 2.04. The van der Waals surface area contributed by atoms with Crippen molar-refractivity contribution in [2.24, 2.45) is 5.92 Å². The lowest BCUT2D eigenvalue weighted by atomic mass is 10.0. The van der Waals surface area contributed by atoms with Gasteiger partial charge in [0, 0.05) is 12.6 Å². The Bertz CT molecular complexity index is 367. The lowest BCUT2D eigenvalue weighted by molar-refractivity contribution is -0.140. The summed E-state index contributed by atoms with van der Waals surface area (Å²) in [4.78, 5) is 0. The minimum Gasteiger partial charge on any atom is -0.396 e. The average Bonchev–Trinajstić information content (AvgIpc) is 2.41. The molecule has 0 aliphatic rings. The SMILES string of the molecule is CC(CO)CCCNC(CC(F)(F)F)c1ccccc1. The van der Waals surface area contributed by atoms with Crippen LogP contribution in [0.5, 0.6) is 0 Å². The number of halogens is 3. The molecule has 1 aromatic carbocycles. The van der Waals surface area contributed by atoms with Crippen molar-refractivity contribution in [1.82, 2.24) is 5.32 Å². The third-order valence-corrected chi connectivity index (χ3v) is 3.21. The van der Waals surface area contributed by atoms with E-state index in [0.29, 0.717) is 12.1 Å². The normalized spacial score (nSPS) is 15.1. The van der Waals surface area contributed by atoms with Crippen LogP contribution in [0.4, 0.5) is 13.2 Å². The van der Waals surface area contributed by atoms with Crippen molar-refractivity contribution in [2.75, 3.05) is 13.2 Å². The molecule has 5 heteroatoms. The number of alkyl halides is 3. The van der Waals surface area contributed by atoms with Gasteiger partial charge in [-0.25, -0.2) is 0 Å². The molecule has 2 N–H and O–H groups in total. The smallest absolute Gasteiger partial charge is 0.390 e. The fourth-order valence-electron chi connectivity index (χ4n) is 2.04. The first-order chi connectivity index (χ1) is 9.42. The molecule has 0 radical (unpaired) electrons. The molecule has 20 heavy (non-hydrogen) atoms. The summed E-state index contributed by atoms with van der Waals surface area (Å²) in [5.74, 6) is 0.189. The Hall–Kier alpha value is -1.07. The Labute approximate surface area is 118 Å². The van der Waals surface area contributed by atoms with E-state index in [1.54, 1.807) is 30.3 Å². The van der Waals surface area contributed by atoms with E-state index in [1.807, 2.05) is 6.92 Å².